The highest BCUT2D eigenvalue weighted by molar-refractivity contribution is 7.90. The van der Waals surface area contributed by atoms with Crippen LogP contribution in [0.15, 0.2) is 0 Å². The number of nitrogens with zero attached hydrogens (tertiary/aromatic N) is 1. The van der Waals surface area contributed by atoms with Crippen molar-refractivity contribution in [3.05, 3.63) is 0 Å². The molecule has 0 aromatic carbocycles. The van der Waals surface area contributed by atoms with Gasteiger partial charge in [0.15, 0.2) is 0 Å². The first-order valence-corrected chi connectivity index (χ1v) is 7.76. The van der Waals surface area contributed by atoms with Gasteiger partial charge in [0.25, 0.3) is 0 Å². The van der Waals surface area contributed by atoms with Gasteiger partial charge in [-0.25, -0.2) is 13.1 Å². The molecule has 4 nitrogen and oxygen atoms in total. The molecule has 1 atom stereocenters. The van der Waals surface area contributed by atoms with E-state index in [0.717, 1.165) is 12.8 Å². The summed E-state index contributed by atoms with van der Waals surface area (Å²) in [4.78, 5) is 2.06. The van der Waals surface area contributed by atoms with E-state index in [9.17, 15) is 8.42 Å². The van der Waals surface area contributed by atoms with Crippen molar-refractivity contribution in [2.24, 2.45) is 5.92 Å². The average Bonchev–Trinajstić information content (AvgIpc) is 2.23. The monoisotopic (exact) mass is 270 g/mol. The van der Waals surface area contributed by atoms with Crippen LogP contribution in [0.5, 0.6) is 0 Å². The number of rotatable bonds is 8. The Morgan fingerprint density at radius 1 is 1.25 bits per heavy atom. The molecule has 0 saturated heterocycles. The van der Waals surface area contributed by atoms with Crippen LogP contribution >= 0.6 is 11.6 Å². The minimum absolute atomic E-state index is 0.216. The minimum atomic E-state index is -3.31. The van der Waals surface area contributed by atoms with Crippen LogP contribution in [-0.2, 0) is 10.0 Å². The minimum Gasteiger partial charge on any atom is -0.305 e. The van der Waals surface area contributed by atoms with Crippen molar-refractivity contribution in [1.29, 1.82) is 0 Å². The summed E-state index contributed by atoms with van der Waals surface area (Å²) < 4.78 is 25.1. The molecule has 0 aliphatic rings. The summed E-state index contributed by atoms with van der Waals surface area (Å²) in [7, 11) is 0.631. The van der Waals surface area contributed by atoms with Crippen LogP contribution in [0.3, 0.4) is 0 Å². The molecule has 0 fully saturated rings. The Bertz CT molecular complexity index is 277. The lowest BCUT2D eigenvalue weighted by Crippen LogP contribution is -2.44. The van der Waals surface area contributed by atoms with Crippen molar-refractivity contribution >= 4 is 21.6 Å². The van der Waals surface area contributed by atoms with Crippen LogP contribution in [0, 0.1) is 5.92 Å². The quantitative estimate of drug-likeness (QED) is 0.680. The number of likely N-dealkylation sites (N-methyl/N-ethyl adjacent to an activating group) is 1. The molecule has 0 rings (SSSR count). The van der Waals surface area contributed by atoms with Crippen LogP contribution in [0.25, 0.3) is 0 Å². The molecule has 1 N–H and O–H groups in total. The molecule has 0 aromatic heterocycles. The predicted octanol–water partition coefficient (Wildman–Crippen LogP) is 1.47. The fourth-order valence-electron chi connectivity index (χ4n) is 1.85. The number of halogens is 1. The average molecular weight is 271 g/mol. The molecule has 16 heavy (non-hydrogen) atoms. The van der Waals surface area contributed by atoms with E-state index in [1.54, 1.807) is 0 Å². The number of nitrogens with one attached hydrogen (secondary N) is 1. The van der Waals surface area contributed by atoms with Gasteiger partial charge in [-0.2, -0.15) is 0 Å². The summed E-state index contributed by atoms with van der Waals surface area (Å²) in [5, 5.41) is -0.379. The van der Waals surface area contributed by atoms with Crippen LogP contribution < -0.4 is 4.72 Å². The second-order valence-corrected chi connectivity index (χ2v) is 6.57. The summed E-state index contributed by atoms with van der Waals surface area (Å²) >= 11 is 5.34. The zero-order chi connectivity index (χ0) is 12.8. The molecule has 0 aromatic rings. The predicted molar refractivity (Wildman–Crippen MR) is 69.2 cm³/mol. The normalized spacial score (nSPS) is 14.7. The van der Waals surface area contributed by atoms with Gasteiger partial charge in [-0.15, -0.1) is 11.6 Å². The van der Waals surface area contributed by atoms with Crippen molar-refractivity contribution in [1.82, 2.24) is 9.62 Å². The molecule has 1 unspecified atom stereocenters. The third kappa shape index (κ3) is 5.48. The van der Waals surface area contributed by atoms with Gasteiger partial charge in [0.05, 0.1) is 0 Å². The Morgan fingerprint density at radius 2 is 1.75 bits per heavy atom. The second-order valence-electron chi connectivity index (χ2n) is 4.18. The van der Waals surface area contributed by atoms with E-state index in [1.807, 2.05) is 14.1 Å². The first kappa shape index (κ1) is 16.2. The van der Waals surface area contributed by atoms with Gasteiger partial charge in [0.2, 0.25) is 10.0 Å². The van der Waals surface area contributed by atoms with Crippen LogP contribution in [0.2, 0.25) is 0 Å². The molecular weight excluding hydrogens is 248 g/mol. The lowest BCUT2D eigenvalue weighted by molar-refractivity contribution is 0.201. The maximum Gasteiger partial charge on any atom is 0.225 e. The van der Waals surface area contributed by atoms with E-state index in [-0.39, 0.29) is 11.3 Å². The van der Waals surface area contributed by atoms with Crippen LogP contribution in [0.4, 0.5) is 0 Å². The highest BCUT2D eigenvalue weighted by atomic mass is 35.5. The van der Waals surface area contributed by atoms with Gasteiger partial charge in [-0.1, -0.05) is 26.7 Å². The third-order valence-electron chi connectivity index (χ3n) is 2.91. The molecule has 0 amide bonds. The Hall–Kier alpha value is 0.160. The summed E-state index contributed by atoms with van der Waals surface area (Å²) in [6, 6.07) is 0.216. The summed E-state index contributed by atoms with van der Waals surface area (Å²) in [5.41, 5.74) is 0. The van der Waals surface area contributed by atoms with Crippen molar-refractivity contribution in [3.8, 4) is 0 Å². The number of alkyl halides is 1. The zero-order valence-corrected chi connectivity index (χ0v) is 12.1. The van der Waals surface area contributed by atoms with E-state index in [2.05, 4.69) is 23.5 Å². The fraction of sp³-hybridized carbons (Fsp3) is 1.00. The summed E-state index contributed by atoms with van der Waals surface area (Å²) in [6.45, 7) is 4.68. The summed E-state index contributed by atoms with van der Waals surface area (Å²) in [5.74, 6) is 0.494. The van der Waals surface area contributed by atoms with Gasteiger partial charge in [0, 0.05) is 12.6 Å². The van der Waals surface area contributed by atoms with Gasteiger partial charge >= 0.3 is 0 Å². The fourth-order valence-corrected chi connectivity index (χ4v) is 2.59. The van der Waals surface area contributed by atoms with Crippen LogP contribution in [-0.4, -0.2) is 45.2 Å². The van der Waals surface area contributed by atoms with E-state index in [0.29, 0.717) is 12.5 Å². The van der Waals surface area contributed by atoms with Gasteiger partial charge in [0.1, 0.15) is 5.21 Å². The Kier molecular flexibility index (Phi) is 7.55. The summed E-state index contributed by atoms with van der Waals surface area (Å²) in [6.07, 6.45) is 2.09. The van der Waals surface area contributed by atoms with Crippen LogP contribution in [0.1, 0.15) is 26.7 Å². The number of sulfonamides is 1. The molecule has 6 heteroatoms. The molecule has 0 bridgehead atoms. The zero-order valence-electron chi connectivity index (χ0n) is 10.5. The highest BCUT2D eigenvalue weighted by Crippen LogP contribution is 2.16. The first-order chi connectivity index (χ1) is 7.37. The van der Waals surface area contributed by atoms with Crippen molar-refractivity contribution < 1.29 is 8.42 Å². The van der Waals surface area contributed by atoms with Crippen molar-refractivity contribution in [2.75, 3.05) is 25.9 Å². The molecule has 0 spiro atoms. The van der Waals surface area contributed by atoms with Gasteiger partial charge in [-0.05, 0) is 20.0 Å². The maximum absolute atomic E-state index is 11.3. The Balaban J connectivity index is 4.46. The molecule has 0 aliphatic carbocycles. The van der Waals surface area contributed by atoms with Crippen molar-refractivity contribution in [3.63, 3.8) is 0 Å². The van der Waals surface area contributed by atoms with Gasteiger partial charge in [-0.3, -0.25) is 0 Å². The molecule has 98 valence electrons. The maximum atomic E-state index is 11.3. The largest absolute Gasteiger partial charge is 0.305 e. The second kappa shape index (κ2) is 7.48. The standard InChI is InChI=1S/C10H23ClN2O2S/c1-5-9(6-2)10(13(3)4)7-12-16(14,15)8-11/h9-10,12H,5-8H2,1-4H3. The first-order valence-electron chi connectivity index (χ1n) is 5.57. The van der Waals surface area contributed by atoms with E-state index >= 15 is 0 Å². The Labute approximate surface area is 104 Å². The third-order valence-corrected chi connectivity index (χ3v) is 4.67. The topological polar surface area (TPSA) is 49.4 Å². The van der Waals surface area contributed by atoms with E-state index in [1.165, 1.54) is 0 Å². The molecular formula is C10H23ClN2O2S. The smallest absolute Gasteiger partial charge is 0.225 e. The lowest BCUT2D eigenvalue weighted by Gasteiger charge is -2.31. The molecule has 0 aliphatic heterocycles. The lowest BCUT2D eigenvalue weighted by atomic mass is 9.93. The molecule has 0 saturated carbocycles. The van der Waals surface area contributed by atoms with E-state index in [4.69, 9.17) is 11.6 Å². The highest BCUT2D eigenvalue weighted by Gasteiger charge is 2.22. The SMILES string of the molecule is CCC(CC)C(CNS(=O)(=O)CCl)N(C)C. The van der Waals surface area contributed by atoms with Gasteiger partial charge < -0.3 is 4.90 Å². The number of hydrogen-bond donors (Lipinski definition) is 1. The number of hydrogen-bond acceptors (Lipinski definition) is 3. The van der Waals surface area contributed by atoms with Crippen molar-refractivity contribution in [2.45, 2.75) is 32.7 Å². The van der Waals surface area contributed by atoms with E-state index < -0.39 is 10.0 Å². The Morgan fingerprint density at radius 3 is 2.06 bits per heavy atom. The molecule has 0 radical (unpaired) electrons. The molecule has 0 heterocycles.